The van der Waals surface area contributed by atoms with E-state index in [0.717, 1.165) is 26.7 Å². The van der Waals surface area contributed by atoms with Crippen molar-refractivity contribution in [2.45, 2.75) is 19.6 Å². The number of hydrogen-bond donors (Lipinski definition) is 0. The van der Waals surface area contributed by atoms with E-state index in [1.165, 1.54) is 5.56 Å². The lowest BCUT2D eigenvalue weighted by atomic mass is 10.1. The second-order valence-corrected chi connectivity index (χ2v) is 9.24. The molecule has 0 fully saturated rings. The fraction of sp³-hybridized carbons (Fsp3) is 0.115. The summed E-state index contributed by atoms with van der Waals surface area (Å²) in [7, 11) is 0. The monoisotopic (exact) mass is 536 g/mol. The summed E-state index contributed by atoms with van der Waals surface area (Å²) in [5.41, 5.74) is 4.11. The third-order valence-electron chi connectivity index (χ3n) is 5.14. The minimum Gasteiger partial charge on any atom is -0.345 e. The molecule has 0 unspecified atom stereocenters. The van der Waals surface area contributed by atoms with Gasteiger partial charge in [0.2, 0.25) is 0 Å². The zero-order chi connectivity index (χ0) is 21.6. The molecule has 1 aromatic heterocycles. The highest BCUT2D eigenvalue weighted by Crippen LogP contribution is 2.18. The fourth-order valence-corrected chi connectivity index (χ4v) is 4.04. The quantitative estimate of drug-likeness (QED) is 0.251. The zero-order valence-corrected chi connectivity index (χ0v) is 20.1. The summed E-state index contributed by atoms with van der Waals surface area (Å²) >= 11 is 6.94. The van der Waals surface area contributed by atoms with Gasteiger partial charge in [-0.3, -0.25) is 4.79 Å². The van der Waals surface area contributed by atoms with Crippen LogP contribution in [0.5, 0.6) is 0 Å². The number of halogens is 2. The predicted molar refractivity (Wildman–Crippen MR) is 132 cm³/mol. The highest BCUT2D eigenvalue weighted by molar-refractivity contribution is 9.10. The number of amides is 1. The van der Waals surface area contributed by atoms with E-state index in [2.05, 4.69) is 85.1 Å². The normalized spacial score (nSPS) is 10.8. The second-order valence-electron chi connectivity index (χ2n) is 7.41. The maximum Gasteiger partial charge on any atom is 0.254 e. The molecule has 0 N–H and O–H groups in total. The summed E-state index contributed by atoms with van der Waals surface area (Å²) in [5.74, 6) is 0.0211. The van der Waals surface area contributed by atoms with E-state index in [1.54, 1.807) is 0 Å². The van der Waals surface area contributed by atoms with Crippen molar-refractivity contribution < 1.29 is 4.79 Å². The molecule has 5 heteroatoms. The Kier molecular flexibility index (Phi) is 7.05. The number of carbonyl (C=O) groups is 1. The number of aromatic nitrogens is 1. The molecular weight excluding hydrogens is 516 g/mol. The van der Waals surface area contributed by atoms with E-state index in [4.69, 9.17) is 0 Å². The fourth-order valence-electron chi connectivity index (χ4n) is 3.51. The molecule has 0 saturated carbocycles. The van der Waals surface area contributed by atoms with Crippen LogP contribution in [-0.4, -0.2) is 15.4 Å². The molecule has 31 heavy (non-hydrogen) atoms. The summed E-state index contributed by atoms with van der Waals surface area (Å²) in [6, 6.07) is 30.1. The van der Waals surface area contributed by atoms with Crippen molar-refractivity contribution in [3.8, 4) is 0 Å². The predicted octanol–water partition coefficient (Wildman–Crippen LogP) is 6.90. The molecule has 0 aliphatic rings. The van der Waals surface area contributed by atoms with E-state index in [1.807, 2.05) is 53.4 Å². The molecule has 3 aromatic carbocycles. The number of hydrogen-bond acceptors (Lipinski definition) is 1. The Bertz CT molecular complexity index is 1140. The summed E-state index contributed by atoms with van der Waals surface area (Å²) < 4.78 is 4.23. The number of benzene rings is 3. The molecule has 0 atom stereocenters. The van der Waals surface area contributed by atoms with Gasteiger partial charge in [0.1, 0.15) is 0 Å². The average molecular weight is 538 g/mol. The lowest BCUT2D eigenvalue weighted by Crippen LogP contribution is -2.31. The standard InChI is InChI=1S/C26H22Br2N2O/c27-23-12-8-21(9-13-23)17-29-16-4-7-25(29)19-30(18-20-5-2-1-3-6-20)26(31)22-10-14-24(28)15-11-22/h1-16H,17-19H2. The Hall–Kier alpha value is -2.63. The summed E-state index contributed by atoms with van der Waals surface area (Å²) in [6.07, 6.45) is 2.07. The molecule has 0 radical (unpaired) electrons. The van der Waals surface area contributed by atoms with E-state index in [9.17, 15) is 4.79 Å². The van der Waals surface area contributed by atoms with Crippen LogP contribution in [0.2, 0.25) is 0 Å². The third kappa shape index (κ3) is 5.75. The molecule has 0 aliphatic carbocycles. The van der Waals surface area contributed by atoms with Crippen LogP contribution in [0.25, 0.3) is 0 Å². The Morgan fingerprint density at radius 1 is 0.710 bits per heavy atom. The molecule has 4 rings (SSSR count). The molecular formula is C26H22Br2N2O. The van der Waals surface area contributed by atoms with Gasteiger partial charge < -0.3 is 9.47 Å². The van der Waals surface area contributed by atoms with Crippen LogP contribution in [0, 0.1) is 0 Å². The molecule has 3 nitrogen and oxygen atoms in total. The van der Waals surface area contributed by atoms with Gasteiger partial charge in [0, 0.05) is 39.5 Å². The van der Waals surface area contributed by atoms with Gasteiger partial charge in [-0.05, 0) is 59.7 Å². The highest BCUT2D eigenvalue weighted by atomic mass is 79.9. The van der Waals surface area contributed by atoms with Crippen molar-refractivity contribution in [2.75, 3.05) is 0 Å². The summed E-state index contributed by atoms with van der Waals surface area (Å²) in [6.45, 7) is 1.85. The van der Waals surface area contributed by atoms with E-state index in [-0.39, 0.29) is 5.91 Å². The lowest BCUT2D eigenvalue weighted by molar-refractivity contribution is 0.0726. The third-order valence-corrected chi connectivity index (χ3v) is 6.19. The van der Waals surface area contributed by atoms with Crippen molar-refractivity contribution in [1.29, 1.82) is 0 Å². The molecule has 1 amide bonds. The molecule has 0 spiro atoms. The van der Waals surface area contributed by atoms with Crippen molar-refractivity contribution >= 4 is 37.8 Å². The first-order valence-electron chi connectivity index (χ1n) is 10.1. The summed E-state index contributed by atoms with van der Waals surface area (Å²) in [4.78, 5) is 15.3. The van der Waals surface area contributed by atoms with Crippen molar-refractivity contribution in [3.63, 3.8) is 0 Å². The van der Waals surface area contributed by atoms with Gasteiger partial charge in [0.15, 0.2) is 0 Å². The van der Waals surface area contributed by atoms with Gasteiger partial charge in [0.05, 0.1) is 6.54 Å². The van der Waals surface area contributed by atoms with Crippen LogP contribution in [0.3, 0.4) is 0 Å². The molecule has 1 heterocycles. The van der Waals surface area contributed by atoms with Gasteiger partial charge in [0.25, 0.3) is 5.91 Å². The molecule has 0 bridgehead atoms. The Morgan fingerprint density at radius 3 is 2.03 bits per heavy atom. The smallest absolute Gasteiger partial charge is 0.254 e. The van der Waals surface area contributed by atoms with Crippen molar-refractivity contribution in [2.24, 2.45) is 0 Å². The molecule has 0 aliphatic heterocycles. The molecule has 0 saturated heterocycles. The second kappa shape index (κ2) is 10.1. The Balaban J connectivity index is 1.59. The van der Waals surface area contributed by atoms with Crippen LogP contribution in [-0.2, 0) is 19.6 Å². The number of nitrogens with zero attached hydrogens (tertiary/aromatic N) is 2. The topological polar surface area (TPSA) is 25.2 Å². The largest absolute Gasteiger partial charge is 0.345 e. The zero-order valence-electron chi connectivity index (χ0n) is 16.9. The van der Waals surface area contributed by atoms with Gasteiger partial charge in [-0.2, -0.15) is 0 Å². The van der Waals surface area contributed by atoms with Crippen LogP contribution in [0.1, 0.15) is 27.2 Å². The van der Waals surface area contributed by atoms with Crippen molar-refractivity contribution in [3.05, 3.63) is 129 Å². The average Bonchev–Trinajstić information content (AvgIpc) is 3.22. The maximum atomic E-state index is 13.4. The van der Waals surface area contributed by atoms with E-state index < -0.39 is 0 Å². The molecule has 156 valence electrons. The maximum absolute atomic E-state index is 13.4. The number of rotatable bonds is 7. The Morgan fingerprint density at radius 2 is 1.35 bits per heavy atom. The van der Waals surface area contributed by atoms with Gasteiger partial charge in [-0.15, -0.1) is 0 Å². The first-order chi connectivity index (χ1) is 15.1. The molecule has 4 aromatic rings. The first kappa shape index (κ1) is 21.6. The van der Waals surface area contributed by atoms with E-state index in [0.29, 0.717) is 18.7 Å². The van der Waals surface area contributed by atoms with Crippen LogP contribution in [0.15, 0.2) is 106 Å². The minimum atomic E-state index is 0.0211. The Labute approximate surface area is 199 Å². The summed E-state index contributed by atoms with van der Waals surface area (Å²) in [5, 5.41) is 0. The number of carbonyl (C=O) groups excluding carboxylic acids is 1. The van der Waals surface area contributed by atoms with Gasteiger partial charge in [-0.25, -0.2) is 0 Å². The van der Waals surface area contributed by atoms with E-state index >= 15 is 0 Å². The van der Waals surface area contributed by atoms with Gasteiger partial charge in [-0.1, -0.05) is 74.3 Å². The highest BCUT2D eigenvalue weighted by Gasteiger charge is 2.18. The minimum absolute atomic E-state index is 0.0211. The SMILES string of the molecule is O=C(c1ccc(Br)cc1)N(Cc1ccccc1)Cc1cccn1Cc1ccc(Br)cc1. The van der Waals surface area contributed by atoms with Crippen molar-refractivity contribution in [1.82, 2.24) is 9.47 Å². The van der Waals surface area contributed by atoms with Gasteiger partial charge >= 0.3 is 0 Å². The van der Waals surface area contributed by atoms with Crippen LogP contribution >= 0.6 is 31.9 Å². The lowest BCUT2D eigenvalue weighted by Gasteiger charge is -2.24. The van der Waals surface area contributed by atoms with Crippen LogP contribution in [0.4, 0.5) is 0 Å². The first-order valence-corrected chi connectivity index (χ1v) is 11.6. The van der Waals surface area contributed by atoms with Crippen LogP contribution < -0.4 is 0 Å².